The average molecular weight is 482 g/mol. The van der Waals surface area contributed by atoms with E-state index >= 15 is 0 Å². The monoisotopic (exact) mass is 482 g/mol. The Morgan fingerprint density at radius 3 is 2.38 bits per heavy atom. The zero-order chi connectivity index (χ0) is 24.5. The number of carbonyl (C=O) groups is 1. The number of pyridine rings is 2. The highest BCUT2D eigenvalue weighted by molar-refractivity contribution is 6.05. The van der Waals surface area contributed by atoms with Crippen LogP contribution in [0, 0.1) is 5.82 Å². The van der Waals surface area contributed by atoms with Gasteiger partial charge < -0.3 is 15.0 Å². The van der Waals surface area contributed by atoms with Gasteiger partial charge >= 0.3 is 12.1 Å². The fourth-order valence-electron chi connectivity index (χ4n) is 3.32. The molecule has 12 heteroatoms. The molecule has 1 amide bonds. The first-order chi connectivity index (χ1) is 16.1. The highest BCUT2D eigenvalue weighted by Crippen LogP contribution is 2.44. The van der Waals surface area contributed by atoms with Gasteiger partial charge in [-0.3, -0.25) is 9.78 Å². The van der Waals surface area contributed by atoms with Crippen molar-refractivity contribution < 1.29 is 35.9 Å². The minimum atomic E-state index is -5.74. The maximum atomic E-state index is 13.8. The van der Waals surface area contributed by atoms with Crippen LogP contribution >= 0.6 is 0 Å². The molecule has 34 heavy (non-hydrogen) atoms. The molecule has 1 aliphatic heterocycles. The molecule has 4 rings (SSSR count). The Labute approximate surface area is 189 Å². The van der Waals surface area contributed by atoms with Gasteiger partial charge in [0.1, 0.15) is 18.4 Å². The fourth-order valence-corrected chi connectivity index (χ4v) is 3.32. The number of halogens is 6. The number of nitrogens with one attached hydrogen (secondary N) is 1. The van der Waals surface area contributed by atoms with Gasteiger partial charge in [0.25, 0.3) is 5.91 Å². The third-order valence-electron chi connectivity index (χ3n) is 5.06. The summed E-state index contributed by atoms with van der Waals surface area (Å²) < 4.78 is 83.6. The van der Waals surface area contributed by atoms with E-state index in [0.717, 1.165) is 18.3 Å². The third kappa shape index (κ3) is 4.67. The molecule has 2 aromatic heterocycles. The van der Waals surface area contributed by atoms with E-state index in [2.05, 4.69) is 15.3 Å². The number of carbonyl (C=O) groups excluding carboxylic acids is 1. The predicted octanol–water partition coefficient (Wildman–Crippen LogP) is 4.98. The second-order valence-corrected chi connectivity index (χ2v) is 7.39. The zero-order valence-corrected chi connectivity index (χ0v) is 17.2. The molecule has 0 atom stereocenters. The average Bonchev–Trinajstić information content (AvgIpc) is 3.33. The summed E-state index contributed by atoms with van der Waals surface area (Å²) in [7, 11) is 0. The summed E-state index contributed by atoms with van der Waals surface area (Å²) in [6.45, 7) is 1.25. The maximum absolute atomic E-state index is 13.8. The number of nitrogens with zero attached hydrogens (tertiary/aromatic N) is 3. The highest BCUT2D eigenvalue weighted by Gasteiger charge is 2.58. The van der Waals surface area contributed by atoms with Crippen LogP contribution in [0.3, 0.4) is 0 Å². The molecule has 3 heterocycles. The number of hydrogen-bond acceptors (Lipinski definition) is 5. The summed E-state index contributed by atoms with van der Waals surface area (Å²) in [5.74, 6) is -5.87. The highest BCUT2D eigenvalue weighted by atomic mass is 19.4. The Morgan fingerprint density at radius 2 is 1.76 bits per heavy atom. The Hall–Kier alpha value is -3.67. The van der Waals surface area contributed by atoms with E-state index in [1.807, 2.05) is 0 Å². The molecule has 1 aromatic carbocycles. The van der Waals surface area contributed by atoms with Crippen molar-refractivity contribution in [2.75, 3.05) is 30.1 Å². The van der Waals surface area contributed by atoms with Crippen molar-refractivity contribution in [3.05, 3.63) is 71.9 Å². The van der Waals surface area contributed by atoms with Gasteiger partial charge in [0.05, 0.1) is 18.4 Å². The van der Waals surface area contributed by atoms with Crippen molar-refractivity contribution in [3.8, 4) is 11.1 Å². The topological polar surface area (TPSA) is 67.4 Å². The number of amides is 1. The van der Waals surface area contributed by atoms with E-state index in [1.165, 1.54) is 24.5 Å². The summed E-state index contributed by atoms with van der Waals surface area (Å²) in [5.41, 5.74) is -0.434. The molecule has 178 valence electrons. The minimum Gasteiger partial charge on any atom is -0.359 e. The van der Waals surface area contributed by atoms with Crippen molar-refractivity contribution in [1.29, 1.82) is 0 Å². The van der Waals surface area contributed by atoms with Crippen LogP contribution in [-0.4, -0.2) is 41.9 Å². The summed E-state index contributed by atoms with van der Waals surface area (Å²) in [4.78, 5) is 22.7. The van der Waals surface area contributed by atoms with Crippen molar-refractivity contribution in [2.24, 2.45) is 0 Å². The van der Waals surface area contributed by atoms with E-state index in [1.54, 1.807) is 4.90 Å². The molecule has 1 N–H and O–H groups in total. The normalized spacial score (nSPS) is 14.4. The zero-order valence-electron chi connectivity index (χ0n) is 17.2. The van der Waals surface area contributed by atoms with Crippen molar-refractivity contribution in [1.82, 2.24) is 9.97 Å². The van der Waals surface area contributed by atoms with Crippen LogP contribution in [-0.2, 0) is 10.7 Å². The lowest BCUT2D eigenvalue weighted by Gasteiger charge is -2.20. The Morgan fingerprint density at radius 1 is 1.03 bits per heavy atom. The van der Waals surface area contributed by atoms with Crippen LogP contribution in [0.25, 0.3) is 11.1 Å². The van der Waals surface area contributed by atoms with Gasteiger partial charge in [-0.1, -0.05) is 12.1 Å². The third-order valence-corrected chi connectivity index (χ3v) is 5.06. The molecule has 0 unspecified atom stereocenters. The van der Waals surface area contributed by atoms with Gasteiger partial charge in [-0.2, -0.15) is 22.0 Å². The quantitative estimate of drug-likeness (QED) is 0.520. The number of benzene rings is 1. The molecule has 3 aromatic rings. The molecule has 1 fully saturated rings. The first kappa shape index (κ1) is 23.5. The van der Waals surface area contributed by atoms with Crippen LogP contribution < -0.4 is 10.2 Å². The lowest BCUT2D eigenvalue weighted by Crippen LogP contribution is -2.33. The van der Waals surface area contributed by atoms with Gasteiger partial charge in [0.15, 0.2) is 0 Å². The number of ether oxygens (including phenoxy) is 1. The minimum absolute atomic E-state index is 0.00211. The van der Waals surface area contributed by atoms with E-state index in [0.29, 0.717) is 42.2 Å². The molecule has 1 saturated heterocycles. The number of hydrogen-bond donors (Lipinski definition) is 1. The lowest BCUT2D eigenvalue weighted by molar-refractivity contribution is -0.289. The number of alkyl halides is 5. The Bertz CT molecular complexity index is 1190. The molecule has 6 nitrogen and oxygen atoms in total. The molecule has 0 bridgehead atoms. The number of anilines is 2. The van der Waals surface area contributed by atoms with Gasteiger partial charge in [0.2, 0.25) is 0 Å². The first-order valence-electron chi connectivity index (χ1n) is 9.86. The summed E-state index contributed by atoms with van der Waals surface area (Å²) in [5, 5.41) is 2.42. The van der Waals surface area contributed by atoms with E-state index in [9.17, 15) is 31.1 Å². The van der Waals surface area contributed by atoms with E-state index in [4.69, 9.17) is 4.74 Å². The molecule has 0 radical (unpaired) electrons. The van der Waals surface area contributed by atoms with Gasteiger partial charge in [-0.25, -0.2) is 9.37 Å². The Balaban J connectivity index is 1.61. The van der Waals surface area contributed by atoms with Crippen molar-refractivity contribution in [2.45, 2.75) is 12.1 Å². The maximum Gasteiger partial charge on any atom is 0.458 e. The summed E-state index contributed by atoms with van der Waals surface area (Å²) >= 11 is 0. The molecule has 0 saturated carbocycles. The predicted molar refractivity (Wildman–Crippen MR) is 110 cm³/mol. The SMILES string of the molecule is O=C(Nc1ccc(C(F)(F)C(F)(F)F)cc1)c1cnc(N2CCOC2)c(-c2cncc(F)c2)c1. The molecule has 0 spiro atoms. The lowest BCUT2D eigenvalue weighted by atomic mass is 10.1. The van der Waals surface area contributed by atoms with E-state index < -0.39 is 29.4 Å². The van der Waals surface area contributed by atoms with Crippen LogP contribution in [0.5, 0.6) is 0 Å². The Kier molecular flexibility index (Phi) is 6.17. The second kappa shape index (κ2) is 8.93. The number of aromatic nitrogens is 2. The molecule has 1 aliphatic rings. The summed E-state index contributed by atoms with van der Waals surface area (Å²) in [6.07, 6.45) is -2.04. The van der Waals surface area contributed by atoms with Gasteiger partial charge in [0, 0.05) is 41.3 Å². The van der Waals surface area contributed by atoms with Gasteiger partial charge in [-0.05, 0) is 24.3 Å². The van der Waals surface area contributed by atoms with Crippen LogP contribution in [0.4, 0.5) is 37.8 Å². The molecular weight excluding hydrogens is 466 g/mol. The first-order valence-corrected chi connectivity index (χ1v) is 9.86. The van der Waals surface area contributed by atoms with Crippen LogP contribution in [0.2, 0.25) is 0 Å². The molecular formula is C22H16F6N4O2. The fraction of sp³-hybridized carbons (Fsp3) is 0.227. The van der Waals surface area contributed by atoms with E-state index in [-0.39, 0.29) is 18.0 Å². The van der Waals surface area contributed by atoms with Crippen molar-refractivity contribution in [3.63, 3.8) is 0 Å². The van der Waals surface area contributed by atoms with Gasteiger partial charge in [-0.15, -0.1) is 0 Å². The standard InChI is InChI=1S/C22H16F6N4O2/c23-16-7-13(9-29-11-16)18-8-14(10-30-19(18)32-5-6-34-12-32)20(33)31-17-3-1-15(2-4-17)21(24,25)22(26,27)28/h1-4,7-11H,5-6,12H2,(H,31,33). The van der Waals surface area contributed by atoms with Crippen LogP contribution in [0.1, 0.15) is 15.9 Å². The summed E-state index contributed by atoms with van der Waals surface area (Å²) in [6, 6.07) is 5.73. The van der Waals surface area contributed by atoms with Crippen LogP contribution in [0.15, 0.2) is 55.0 Å². The smallest absolute Gasteiger partial charge is 0.359 e. The molecule has 0 aliphatic carbocycles. The largest absolute Gasteiger partial charge is 0.458 e. The second-order valence-electron chi connectivity index (χ2n) is 7.39. The number of rotatable bonds is 5. The van der Waals surface area contributed by atoms with Crippen molar-refractivity contribution >= 4 is 17.4 Å².